The molecule has 0 atom stereocenters. The minimum absolute atomic E-state index is 0.411. The molecule has 0 unspecified atom stereocenters. The lowest BCUT2D eigenvalue weighted by Gasteiger charge is -2.23. The lowest BCUT2D eigenvalue weighted by molar-refractivity contribution is 0.910. The van der Waals surface area contributed by atoms with E-state index in [0.29, 0.717) is 5.96 Å². The molecule has 2 N–H and O–H groups in total. The van der Waals surface area contributed by atoms with Gasteiger partial charge in [-0.05, 0) is 60.6 Å². The highest BCUT2D eigenvalue weighted by Gasteiger charge is 2.18. The SMILES string of the molecule is CCc1cccc(NC(=N)N(C)c2cccc3c2CCC3)c1. The molecular weight excluding hydrogens is 270 g/mol. The van der Waals surface area contributed by atoms with Gasteiger partial charge >= 0.3 is 0 Å². The van der Waals surface area contributed by atoms with Gasteiger partial charge in [-0.3, -0.25) is 5.41 Å². The number of hydrogen-bond donors (Lipinski definition) is 2. The van der Waals surface area contributed by atoms with E-state index in [2.05, 4.69) is 42.6 Å². The summed E-state index contributed by atoms with van der Waals surface area (Å²) in [6, 6.07) is 14.7. The van der Waals surface area contributed by atoms with Crippen molar-refractivity contribution in [1.29, 1.82) is 5.41 Å². The molecule has 0 amide bonds. The summed E-state index contributed by atoms with van der Waals surface area (Å²) in [5.74, 6) is 0.411. The Balaban J connectivity index is 1.79. The summed E-state index contributed by atoms with van der Waals surface area (Å²) in [7, 11) is 1.97. The average molecular weight is 293 g/mol. The average Bonchev–Trinajstić information content (AvgIpc) is 3.02. The summed E-state index contributed by atoms with van der Waals surface area (Å²) < 4.78 is 0. The van der Waals surface area contributed by atoms with Crippen molar-refractivity contribution in [3.8, 4) is 0 Å². The predicted octanol–water partition coefficient (Wildman–Crippen LogP) is 4.22. The molecule has 114 valence electrons. The molecule has 0 spiro atoms. The zero-order valence-corrected chi connectivity index (χ0v) is 13.3. The number of fused-ring (bicyclic) bond motifs is 1. The van der Waals surface area contributed by atoms with E-state index in [4.69, 9.17) is 5.41 Å². The Labute approximate surface area is 132 Å². The zero-order chi connectivity index (χ0) is 15.5. The number of guanidine groups is 1. The van der Waals surface area contributed by atoms with E-state index >= 15 is 0 Å². The van der Waals surface area contributed by atoms with Crippen LogP contribution in [0.25, 0.3) is 0 Å². The second kappa shape index (κ2) is 6.22. The number of anilines is 2. The molecule has 2 aromatic carbocycles. The maximum absolute atomic E-state index is 8.37. The highest BCUT2D eigenvalue weighted by Crippen LogP contribution is 2.30. The van der Waals surface area contributed by atoms with Gasteiger partial charge in [-0.2, -0.15) is 0 Å². The molecule has 0 heterocycles. The Kier molecular flexibility index (Phi) is 4.14. The molecule has 0 aliphatic heterocycles. The van der Waals surface area contributed by atoms with Gasteiger partial charge in [0, 0.05) is 18.4 Å². The molecule has 0 bridgehead atoms. The van der Waals surface area contributed by atoms with Crippen LogP contribution in [0, 0.1) is 5.41 Å². The van der Waals surface area contributed by atoms with Crippen LogP contribution in [0.4, 0.5) is 11.4 Å². The Morgan fingerprint density at radius 3 is 2.82 bits per heavy atom. The van der Waals surface area contributed by atoms with Gasteiger partial charge < -0.3 is 10.2 Å². The van der Waals surface area contributed by atoms with Crippen LogP contribution in [0.3, 0.4) is 0 Å². The molecule has 0 fully saturated rings. The molecule has 3 nitrogen and oxygen atoms in total. The van der Waals surface area contributed by atoms with Crippen molar-refractivity contribution in [3.05, 3.63) is 59.2 Å². The van der Waals surface area contributed by atoms with E-state index in [0.717, 1.165) is 30.6 Å². The van der Waals surface area contributed by atoms with Crippen molar-refractivity contribution in [2.45, 2.75) is 32.6 Å². The fraction of sp³-hybridized carbons (Fsp3) is 0.316. The molecule has 1 aliphatic rings. The largest absolute Gasteiger partial charge is 0.326 e. The lowest BCUT2D eigenvalue weighted by Crippen LogP contribution is -2.32. The summed E-state index contributed by atoms with van der Waals surface area (Å²) >= 11 is 0. The number of aryl methyl sites for hydroxylation is 2. The highest BCUT2D eigenvalue weighted by molar-refractivity contribution is 6.03. The summed E-state index contributed by atoms with van der Waals surface area (Å²) in [6.45, 7) is 2.14. The van der Waals surface area contributed by atoms with Crippen LogP contribution in [-0.2, 0) is 19.3 Å². The van der Waals surface area contributed by atoms with Crippen LogP contribution in [0.5, 0.6) is 0 Å². The number of hydrogen-bond acceptors (Lipinski definition) is 1. The summed E-state index contributed by atoms with van der Waals surface area (Å²) in [5.41, 5.74) is 6.24. The molecule has 1 aliphatic carbocycles. The second-order valence-corrected chi connectivity index (χ2v) is 5.85. The van der Waals surface area contributed by atoms with Crippen molar-refractivity contribution in [1.82, 2.24) is 0 Å². The predicted molar refractivity (Wildman–Crippen MR) is 94.0 cm³/mol. The van der Waals surface area contributed by atoms with Crippen LogP contribution in [0.2, 0.25) is 0 Å². The van der Waals surface area contributed by atoms with Crippen molar-refractivity contribution >= 4 is 17.3 Å². The standard InChI is InChI=1S/C19H23N3/c1-3-14-7-4-10-16(13-14)21-19(20)22(2)18-12-6-9-15-8-5-11-17(15)18/h4,6-7,9-10,12-13H,3,5,8,11H2,1-2H3,(H2,20,21). The first-order valence-electron chi connectivity index (χ1n) is 7.98. The number of rotatable bonds is 3. The van der Waals surface area contributed by atoms with Gasteiger partial charge in [0.15, 0.2) is 5.96 Å². The highest BCUT2D eigenvalue weighted by atomic mass is 15.3. The molecule has 3 heteroatoms. The number of nitrogens with zero attached hydrogens (tertiary/aromatic N) is 1. The summed E-state index contributed by atoms with van der Waals surface area (Å²) in [4.78, 5) is 1.95. The summed E-state index contributed by atoms with van der Waals surface area (Å²) in [5, 5.41) is 11.6. The molecule has 22 heavy (non-hydrogen) atoms. The first kappa shape index (κ1) is 14.6. The lowest BCUT2D eigenvalue weighted by atomic mass is 10.1. The van der Waals surface area contributed by atoms with Crippen molar-refractivity contribution < 1.29 is 0 Å². The van der Waals surface area contributed by atoms with Gasteiger partial charge in [0.2, 0.25) is 0 Å². The molecule has 0 saturated heterocycles. The van der Waals surface area contributed by atoms with Crippen molar-refractivity contribution in [2.24, 2.45) is 0 Å². The molecule has 3 rings (SSSR count). The van der Waals surface area contributed by atoms with Gasteiger partial charge in [-0.25, -0.2) is 0 Å². The van der Waals surface area contributed by atoms with Crippen molar-refractivity contribution in [3.63, 3.8) is 0 Å². The van der Waals surface area contributed by atoms with Gasteiger partial charge in [0.25, 0.3) is 0 Å². The van der Waals surface area contributed by atoms with Crippen LogP contribution in [0.1, 0.15) is 30.0 Å². The smallest absolute Gasteiger partial charge is 0.199 e. The molecule has 0 saturated carbocycles. The Morgan fingerprint density at radius 1 is 1.18 bits per heavy atom. The Bertz CT molecular complexity index is 691. The van der Waals surface area contributed by atoms with Crippen LogP contribution in [-0.4, -0.2) is 13.0 Å². The maximum Gasteiger partial charge on any atom is 0.199 e. The normalized spacial score (nSPS) is 12.8. The van der Waals surface area contributed by atoms with Crippen LogP contribution >= 0.6 is 0 Å². The van der Waals surface area contributed by atoms with E-state index in [1.807, 2.05) is 24.1 Å². The first-order chi connectivity index (χ1) is 10.7. The van der Waals surface area contributed by atoms with Gasteiger partial charge in [0.1, 0.15) is 0 Å². The monoisotopic (exact) mass is 293 g/mol. The Hall–Kier alpha value is -2.29. The first-order valence-corrected chi connectivity index (χ1v) is 7.98. The number of benzene rings is 2. The van der Waals surface area contributed by atoms with Crippen LogP contribution < -0.4 is 10.2 Å². The fourth-order valence-corrected chi connectivity index (χ4v) is 3.12. The molecule has 2 aromatic rings. The third kappa shape index (κ3) is 2.84. The van der Waals surface area contributed by atoms with E-state index in [1.165, 1.54) is 23.1 Å². The van der Waals surface area contributed by atoms with Gasteiger partial charge in [-0.1, -0.05) is 31.2 Å². The third-order valence-corrected chi connectivity index (χ3v) is 4.42. The van der Waals surface area contributed by atoms with E-state index in [-0.39, 0.29) is 0 Å². The zero-order valence-electron chi connectivity index (χ0n) is 13.3. The Morgan fingerprint density at radius 2 is 2.00 bits per heavy atom. The molecule has 0 aromatic heterocycles. The number of nitrogens with one attached hydrogen (secondary N) is 2. The topological polar surface area (TPSA) is 39.1 Å². The molecular formula is C19H23N3. The third-order valence-electron chi connectivity index (χ3n) is 4.42. The van der Waals surface area contributed by atoms with E-state index in [1.54, 1.807) is 0 Å². The minimum Gasteiger partial charge on any atom is -0.326 e. The fourth-order valence-electron chi connectivity index (χ4n) is 3.12. The van der Waals surface area contributed by atoms with Crippen LogP contribution in [0.15, 0.2) is 42.5 Å². The van der Waals surface area contributed by atoms with Crippen molar-refractivity contribution in [2.75, 3.05) is 17.3 Å². The summed E-state index contributed by atoms with van der Waals surface area (Å²) in [6.07, 6.45) is 4.51. The second-order valence-electron chi connectivity index (χ2n) is 5.85. The van der Waals surface area contributed by atoms with Gasteiger partial charge in [0.05, 0.1) is 0 Å². The molecule has 0 radical (unpaired) electrons. The van der Waals surface area contributed by atoms with E-state index < -0.39 is 0 Å². The van der Waals surface area contributed by atoms with E-state index in [9.17, 15) is 0 Å². The minimum atomic E-state index is 0.411. The quantitative estimate of drug-likeness (QED) is 0.657. The maximum atomic E-state index is 8.37. The van der Waals surface area contributed by atoms with Gasteiger partial charge in [-0.15, -0.1) is 0 Å².